The molecule has 3 nitrogen and oxygen atoms in total. The monoisotopic (exact) mass is 314 g/mol. The van der Waals surface area contributed by atoms with Crippen LogP contribution in [0.15, 0.2) is 24.3 Å². The number of benzene rings is 1. The summed E-state index contributed by atoms with van der Waals surface area (Å²) in [5, 5.41) is 0. The Kier molecular flexibility index (Phi) is 5.37. The van der Waals surface area contributed by atoms with Crippen LogP contribution in [-0.4, -0.2) is 41.9 Å². The lowest BCUT2D eigenvalue weighted by Gasteiger charge is -2.30. The van der Waals surface area contributed by atoms with Crippen molar-refractivity contribution in [1.82, 2.24) is 9.80 Å². The van der Waals surface area contributed by atoms with Crippen molar-refractivity contribution in [3.05, 3.63) is 35.4 Å². The van der Waals surface area contributed by atoms with E-state index in [-0.39, 0.29) is 5.91 Å². The number of piperidine rings is 1. The number of hydrogen-bond donors (Lipinski definition) is 0. The van der Waals surface area contributed by atoms with Gasteiger partial charge in [-0.25, -0.2) is 0 Å². The summed E-state index contributed by atoms with van der Waals surface area (Å²) in [6.45, 7) is 5.75. The highest BCUT2D eigenvalue weighted by Crippen LogP contribution is 2.24. The summed E-state index contributed by atoms with van der Waals surface area (Å²) < 4.78 is 0. The van der Waals surface area contributed by atoms with E-state index in [0.29, 0.717) is 6.04 Å². The SMILES string of the molecule is C[C@@H]1CCCN(Cc2ccc(C(=O)N(C)C3CCCC3)cc2)C1. The maximum absolute atomic E-state index is 12.6. The van der Waals surface area contributed by atoms with E-state index in [1.807, 2.05) is 24.1 Å². The highest BCUT2D eigenvalue weighted by molar-refractivity contribution is 5.94. The van der Waals surface area contributed by atoms with Crippen molar-refractivity contribution in [3.8, 4) is 0 Å². The molecular weight excluding hydrogens is 284 g/mol. The molecule has 0 bridgehead atoms. The number of rotatable bonds is 4. The van der Waals surface area contributed by atoms with Crippen molar-refractivity contribution in [1.29, 1.82) is 0 Å². The average molecular weight is 314 g/mol. The van der Waals surface area contributed by atoms with E-state index in [9.17, 15) is 4.79 Å². The van der Waals surface area contributed by atoms with Gasteiger partial charge in [0.05, 0.1) is 0 Å². The molecule has 0 unspecified atom stereocenters. The number of nitrogens with zero attached hydrogens (tertiary/aromatic N) is 2. The number of carbonyl (C=O) groups excluding carboxylic acids is 1. The minimum atomic E-state index is 0.176. The standard InChI is InChI=1S/C20H30N2O/c1-16-6-5-13-22(14-16)15-17-9-11-18(12-10-17)20(23)21(2)19-7-3-4-8-19/h9-12,16,19H,3-8,13-15H2,1-2H3/t16-/m1/s1. The van der Waals surface area contributed by atoms with Crippen molar-refractivity contribution in [2.75, 3.05) is 20.1 Å². The normalized spacial score (nSPS) is 23.1. The molecule has 0 spiro atoms. The lowest BCUT2D eigenvalue weighted by atomic mass is 9.99. The third kappa shape index (κ3) is 4.14. The first kappa shape index (κ1) is 16.5. The highest BCUT2D eigenvalue weighted by atomic mass is 16.2. The van der Waals surface area contributed by atoms with Crippen LogP contribution in [0.3, 0.4) is 0 Å². The Hall–Kier alpha value is -1.35. The molecule has 1 atom stereocenters. The predicted molar refractivity (Wildman–Crippen MR) is 94.5 cm³/mol. The summed E-state index contributed by atoms with van der Waals surface area (Å²) >= 11 is 0. The van der Waals surface area contributed by atoms with Crippen LogP contribution < -0.4 is 0 Å². The number of amides is 1. The van der Waals surface area contributed by atoms with Crippen LogP contribution in [0.25, 0.3) is 0 Å². The van der Waals surface area contributed by atoms with Crippen LogP contribution in [0.5, 0.6) is 0 Å². The number of carbonyl (C=O) groups is 1. The van der Waals surface area contributed by atoms with Crippen LogP contribution in [0.4, 0.5) is 0 Å². The molecule has 0 aromatic heterocycles. The smallest absolute Gasteiger partial charge is 0.253 e. The topological polar surface area (TPSA) is 23.6 Å². The zero-order valence-corrected chi connectivity index (χ0v) is 14.6. The van der Waals surface area contributed by atoms with Crippen LogP contribution >= 0.6 is 0 Å². The van der Waals surface area contributed by atoms with Crippen molar-refractivity contribution >= 4 is 5.91 Å². The zero-order valence-electron chi connectivity index (χ0n) is 14.6. The molecule has 1 aliphatic carbocycles. The molecule has 2 aliphatic rings. The summed E-state index contributed by atoms with van der Waals surface area (Å²) in [5.74, 6) is 0.986. The molecule has 2 fully saturated rings. The molecule has 1 heterocycles. The van der Waals surface area contributed by atoms with Crippen LogP contribution in [0.2, 0.25) is 0 Å². The quantitative estimate of drug-likeness (QED) is 0.840. The number of likely N-dealkylation sites (tertiary alicyclic amines) is 1. The van der Waals surface area contributed by atoms with Crippen molar-refractivity contribution in [2.45, 2.75) is 58.0 Å². The lowest BCUT2D eigenvalue weighted by Crippen LogP contribution is -2.35. The van der Waals surface area contributed by atoms with E-state index in [0.717, 1.165) is 30.9 Å². The van der Waals surface area contributed by atoms with Gasteiger partial charge in [0.1, 0.15) is 0 Å². The molecule has 1 aromatic rings. The van der Waals surface area contributed by atoms with Crippen molar-refractivity contribution < 1.29 is 4.79 Å². The first-order valence-electron chi connectivity index (χ1n) is 9.22. The Morgan fingerprint density at radius 1 is 1.13 bits per heavy atom. The Labute approximate surface area is 140 Å². The van der Waals surface area contributed by atoms with E-state index >= 15 is 0 Å². The zero-order chi connectivity index (χ0) is 16.2. The fourth-order valence-electron chi connectivity index (χ4n) is 4.10. The van der Waals surface area contributed by atoms with Gasteiger partial charge in [-0.15, -0.1) is 0 Å². The van der Waals surface area contributed by atoms with Gasteiger partial charge in [-0.3, -0.25) is 9.69 Å². The van der Waals surface area contributed by atoms with E-state index in [1.54, 1.807) is 0 Å². The Morgan fingerprint density at radius 3 is 2.48 bits per heavy atom. The molecule has 3 rings (SSSR count). The molecule has 0 N–H and O–H groups in total. The van der Waals surface area contributed by atoms with Gasteiger partial charge in [0.2, 0.25) is 0 Å². The highest BCUT2D eigenvalue weighted by Gasteiger charge is 2.24. The van der Waals surface area contributed by atoms with Crippen molar-refractivity contribution in [3.63, 3.8) is 0 Å². The summed E-state index contributed by atoms with van der Waals surface area (Å²) in [4.78, 5) is 17.1. The van der Waals surface area contributed by atoms with Gasteiger partial charge in [-0.1, -0.05) is 31.9 Å². The molecule has 1 aliphatic heterocycles. The van der Waals surface area contributed by atoms with Gasteiger partial charge in [-0.2, -0.15) is 0 Å². The Bertz CT molecular complexity index is 519. The third-order valence-electron chi connectivity index (χ3n) is 5.54. The largest absolute Gasteiger partial charge is 0.339 e. The van der Waals surface area contributed by atoms with Crippen LogP contribution in [-0.2, 0) is 6.54 Å². The second-order valence-electron chi connectivity index (χ2n) is 7.53. The van der Waals surface area contributed by atoms with E-state index in [1.165, 1.54) is 44.3 Å². The second kappa shape index (κ2) is 7.48. The van der Waals surface area contributed by atoms with Crippen molar-refractivity contribution in [2.24, 2.45) is 5.92 Å². The van der Waals surface area contributed by atoms with E-state index < -0.39 is 0 Å². The molecule has 1 saturated heterocycles. The predicted octanol–water partition coefficient (Wildman–Crippen LogP) is 3.93. The average Bonchev–Trinajstić information content (AvgIpc) is 3.09. The molecule has 126 valence electrons. The van der Waals surface area contributed by atoms with E-state index in [4.69, 9.17) is 0 Å². The third-order valence-corrected chi connectivity index (χ3v) is 5.54. The summed E-state index contributed by atoms with van der Waals surface area (Å²) in [7, 11) is 1.96. The molecule has 1 amide bonds. The number of hydrogen-bond acceptors (Lipinski definition) is 2. The maximum Gasteiger partial charge on any atom is 0.253 e. The molecule has 23 heavy (non-hydrogen) atoms. The summed E-state index contributed by atoms with van der Waals surface area (Å²) in [6.07, 6.45) is 7.51. The molecule has 1 saturated carbocycles. The minimum absolute atomic E-state index is 0.176. The van der Waals surface area contributed by atoms with Gasteiger partial charge >= 0.3 is 0 Å². The molecular formula is C20H30N2O. The van der Waals surface area contributed by atoms with Gasteiger partial charge in [0, 0.05) is 31.7 Å². The maximum atomic E-state index is 12.6. The lowest BCUT2D eigenvalue weighted by molar-refractivity contribution is 0.0735. The van der Waals surface area contributed by atoms with Gasteiger partial charge < -0.3 is 4.90 Å². The van der Waals surface area contributed by atoms with E-state index in [2.05, 4.69) is 24.0 Å². The first-order valence-corrected chi connectivity index (χ1v) is 9.22. The Balaban J connectivity index is 1.58. The molecule has 0 radical (unpaired) electrons. The van der Waals surface area contributed by atoms with Crippen LogP contribution in [0, 0.1) is 5.92 Å². The summed E-state index contributed by atoms with van der Waals surface area (Å²) in [6, 6.07) is 8.73. The van der Waals surface area contributed by atoms with Gasteiger partial charge in [-0.05, 0) is 55.8 Å². The van der Waals surface area contributed by atoms with Gasteiger partial charge in [0.15, 0.2) is 0 Å². The summed E-state index contributed by atoms with van der Waals surface area (Å²) in [5.41, 5.74) is 2.15. The van der Waals surface area contributed by atoms with Gasteiger partial charge in [0.25, 0.3) is 5.91 Å². The first-order chi connectivity index (χ1) is 11.1. The second-order valence-corrected chi connectivity index (χ2v) is 7.53. The van der Waals surface area contributed by atoms with Crippen LogP contribution in [0.1, 0.15) is 61.4 Å². The fourth-order valence-corrected chi connectivity index (χ4v) is 4.10. The molecule has 1 aromatic carbocycles. The Morgan fingerprint density at radius 2 is 1.83 bits per heavy atom. The minimum Gasteiger partial charge on any atom is -0.339 e. The molecule has 3 heteroatoms. The fraction of sp³-hybridized carbons (Fsp3) is 0.650.